The summed E-state index contributed by atoms with van der Waals surface area (Å²) in [6.07, 6.45) is 9.35. The zero-order valence-corrected chi connectivity index (χ0v) is 15.7. The molecule has 4 nitrogen and oxygen atoms in total. The number of likely N-dealkylation sites (tertiary alicyclic amines) is 1. The first-order valence-corrected chi connectivity index (χ1v) is 9.66. The zero-order valence-electron chi connectivity index (χ0n) is 15.7. The highest BCUT2D eigenvalue weighted by Crippen LogP contribution is 2.19. The lowest BCUT2D eigenvalue weighted by Crippen LogP contribution is -2.42. The van der Waals surface area contributed by atoms with Gasteiger partial charge in [-0.3, -0.25) is 9.89 Å². The number of nitrogens with zero attached hydrogens (tertiary/aromatic N) is 2. The fourth-order valence-corrected chi connectivity index (χ4v) is 3.86. The minimum Gasteiger partial charge on any atom is -0.353 e. The minimum atomic E-state index is 0.483. The van der Waals surface area contributed by atoms with Crippen molar-refractivity contribution in [3.05, 3.63) is 47.5 Å². The standard InChI is InChI=1S/C21H32N4/c1-17-8-7-13-25(15-17)16-19-10-4-3-9-18(19)14-23-21(22-2)24-20-11-5-6-12-20/h3-6,9-10,17,20H,7-8,11-16H2,1-2H3,(H2,22,23,24). The fourth-order valence-electron chi connectivity index (χ4n) is 3.86. The first kappa shape index (κ1) is 18.0. The average Bonchev–Trinajstić information content (AvgIpc) is 3.13. The molecule has 1 heterocycles. The molecule has 1 saturated heterocycles. The number of hydrogen-bond donors (Lipinski definition) is 2. The van der Waals surface area contributed by atoms with E-state index in [2.05, 4.69) is 63.9 Å². The molecule has 1 unspecified atom stereocenters. The summed E-state index contributed by atoms with van der Waals surface area (Å²) in [6, 6.07) is 9.28. The van der Waals surface area contributed by atoms with Crippen LogP contribution in [0.1, 0.15) is 43.7 Å². The Morgan fingerprint density at radius 2 is 1.96 bits per heavy atom. The van der Waals surface area contributed by atoms with E-state index in [0.717, 1.165) is 37.8 Å². The van der Waals surface area contributed by atoms with Gasteiger partial charge in [-0.25, -0.2) is 0 Å². The molecule has 1 aromatic carbocycles. The highest BCUT2D eigenvalue weighted by Gasteiger charge is 2.17. The van der Waals surface area contributed by atoms with Gasteiger partial charge < -0.3 is 10.6 Å². The van der Waals surface area contributed by atoms with Crippen molar-refractivity contribution in [1.29, 1.82) is 0 Å². The monoisotopic (exact) mass is 340 g/mol. The molecular weight excluding hydrogens is 308 g/mol. The second-order valence-corrected chi connectivity index (χ2v) is 7.46. The van der Waals surface area contributed by atoms with Crippen LogP contribution in [0.15, 0.2) is 41.4 Å². The van der Waals surface area contributed by atoms with Gasteiger partial charge in [0.2, 0.25) is 0 Å². The SMILES string of the molecule is CN=C(NCc1ccccc1CN1CCCC(C)C1)NC1CC=CC1. The minimum absolute atomic E-state index is 0.483. The van der Waals surface area contributed by atoms with E-state index in [4.69, 9.17) is 0 Å². The van der Waals surface area contributed by atoms with Crippen LogP contribution in [-0.4, -0.2) is 37.0 Å². The lowest BCUT2D eigenvalue weighted by atomic mass is 9.99. The first-order valence-electron chi connectivity index (χ1n) is 9.66. The number of piperidine rings is 1. The fraction of sp³-hybridized carbons (Fsp3) is 0.571. The Hall–Kier alpha value is -1.81. The Bertz CT molecular complexity index is 600. The molecule has 0 spiro atoms. The Morgan fingerprint density at radius 3 is 2.68 bits per heavy atom. The van der Waals surface area contributed by atoms with Crippen molar-refractivity contribution in [3.8, 4) is 0 Å². The lowest BCUT2D eigenvalue weighted by Gasteiger charge is -2.31. The van der Waals surface area contributed by atoms with Crippen molar-refractivity contribution < 1.29 is 0 Å². The molecule has 136 valence electrons. The maximum atomic E-state index is 4.38. The molecule has 1 aliphatic carbocycles. The van der Waals surface area contributed by atoms with Gasteiger partial charge in [0.1, 0.15) is 0 Å². The Balaban J connectivity index is 1.56. The van der Waals surface area contributed by atoms with Crippen LogP contribution in [0.3, 0.4) is 0 Å². The van der Waals surface area contributed by atoms with E-state index in [1.807, 2.05) is 7.05 Å². The highest BCUT2D eigenvalue weighted by molar-refractivity contribution is 5.80. The van der Waals surface area contributed by atoms with Crippen LogP contribution in [0, 0.1) is 5.92 Å². The van der Waals surface area contributed by atoms with Crippen molar-refractivity contribution >= 4 is 5.96 Å². The van der Waals surface area contributed by atoms with Gasteiger partial charge in [0.25, 0.3) is 0 Å². The van der Waals surface area contributed by atoms with E-state index < -0.39 is 0 Å². The molecule has 0 radical (unpaired) electrons. The van der Waals surface area contributed by atoms with Crippen molar-refractivity contribution in [3.63, 3.8) is 0 Å². The van der Waals surface area contributed by atoms with Crippen LogP contribution < -0.4 is 10.6 Å². The van der Waals surface area contributed by atoms with Crippen molar-refractivity contribution in [2.45, 2.75) is 51.7 Å². The Kier molecular flexibility index (Phi) is 6.51. The van der Waals surface area contributed by atoms with Crippen LogP contribution in [0.5, 0.6) is 0 Å². The number of nitrogens with one attached hydrogen (secondary N) is 2. The van der Waals surface area contributed by atoms with Gasteiger partial charge >= 0.3 is 0 Å². The van der Waals surface area contributed by atoms with E-state index in [9.17, 15) is 0 Å². The predicted octanol–water partition coefficient (Wildman–Crippen LogP) is 3.30. The summed E-state index contributed by atoms with van der Waals surface area (Å²) in [7, 11) is 1.85. The molecule has 1 atom stereocenters. The summed E-state index contributed by atoms with van der Waals surface area (Å²) in [6.45, 7) is 6.69. The molecule has 1 aliphatic heterocycles. The van der Waals surface area contributed by atoms with E-state index in [-0.39, 0.29) is 0 Å². The Morgan fingerprint density at radius 1 is 1.20 bits per heavy atom. The van der Waals surface area contributed by atoms with E-state index in [0.29, 0.717) is 6.04 Å². The first-order chi connectivity index (χ1) is 12.2. The Labute approximate surface area is 152 Å². The third kappa shape index (κ3) is 5.33. The summed E-state index contributed by atoms with van der Waals surface area (Å²) >= 11 is 0. The molecule has 25 heavy (non-hydrogen) atoms. The molecule has 1 aromatic rings. The number of rotatable bonds is 5. The van der Waals surface area contributed by atoms with E-state index in [1.54, 1.807) is 0 Å². The summed E-state index contributed by atoms with van der Waals surface area (Å²) in [5.74, 6) is 1.72. The molecule has 0 bridgehead atoms. The summed E-state index contributed by atoms with van der Waals surface area (Å²) in [4.78, 5) is 6.98. The average molecular weight is 341 g/mol. The second kappa shape index (κ2) is 9.04. The molecule has 2 aliphatic rings. The third-order valence-corrected chi connectivity index (χ3v) is 5.27. The molecule has 0 saturated carbocycles. The van der Waals surface area contributed by atoms with Crippen LogP contribution in [-0.2, 0) is 13.1 Å². The second-order valence-electron chi connectivity index (χ2n) is 7.46. The molecule has 3 rings (SSSR count). The molecule has 2 N–H and O–H groups in total. The highest BCUT2D eigenvalue weighted by atomic mass is 15.2. The van der Waals surface area contributed by atoms with Gasteiger partial charge in [-0.15, -0.1) is 0 Å². The van der Waals surface area contributed by atoms with Gasteiger partial charge in [-0.2, -0.15) is 0 Å². The normalized spacial score (nSPS) is 22.3. The third-order valence-electron chi connectivity index (χ3n) is 5.27. The van der Waals surface area contributed by atoms with Crippen LogP contribution >= 0.6 is 0 Å². The topological polar surface area (TPSA) is 39.7 Å². The molecule has 0 amide bonds. The van der Waals surface area contributed by atoms with Crippen molar-refractivity contribution in [1.82, 2.24) is 15.5 Å². The predicted molar refractivity (Wildman–Crippen MR) is 106 cm³/mol. The lowest BCUT2D eigenvalue weighted by molar-refractivity contribution is 0.176. The molecule has 0 aromatic heterocycles. The summed E-state index contributed by atoms with van der Waals surface area (Å²) in [5, 5.41) is 7.00. The van der Waals surface area contributed by atoms with Crippen LogP contribution in [0.25, 0.3) is 0 Å². The maximum Gasteiger partial charge on any atom is 0.191 e. The number of aliphatic imine (C=N–C) groups is 1. The van der Waals surface area contributed by atoms with Gasteiger partial charge in [0.05, 0.1) is 0 Å². The number of hydrogen-bond acceptors (Lipinski definition) is 2. The largest absolute Gasteiger partial charge is 0.353 e. The van der Waals surface area contributed by atoms with E-state index in [1.165, 1.54) is 37.1 Å². The van der Waals surface area contributed by atoms with Crippen LogP contribution in [0.4, 0.5) is 0 Å². The van der Waals surface area contributed by atoms with Crippen molar-refractivity contribution in [2.75, 3.05) is 20.1 Å². The van der Waals surface area contributed by atoms with Crippen molar-refractivity contribution in [2.24, 2.45) is 10.9 Å². The van der Waals surface area contributed by atoms with Crippen LogP contribution in [0.2, 0.25) is 0 Å². The number of guanidine groups is 1. The smallest absolute Gasteiger partial charge is 0.191 e. The van der Waals surface area contributed by atoms with Gasteiger partial charge in [0.15, 0.2) is 5.96 Å². The van der Waals surface area contributed by atoms with E-state index >= 15 is 0 Å². The quantitative estimate of drug-likeness (QED) is 0.491. The van der Waals surface area contributed by atoms with Gasteiger partial charge in [-0.05, 0) is 49.3 Å². The number of benzene rings is 1. The van der Waals surface area contributed by atoms with Gasteiger partial charge in [0, 0.05) is 32.7 Å². The van der Waals surface area contributed by atoms with Gasteiger partial charge in [-0.1, -0.05) is 43.3 Å². The molecular formula is C21H32N4. The molecule has 4 heteroatoms. The molecule has 1 fully saturated rings. The maximum absolute atomic E-state index is 4.38. The summed E-state index contributed by atoms with van der Waals surface area (Å²) < 4.78 is 0. The zero-order chi connectivity index (χ0) is 17.5. The summed E-state index contributed by atoms with van der Waals surface area (Å²) in [5.41, 5.74) is 2.80.